The van der Waals surface area contributed by atoms with E-state index in [1.807, 2.05) is 4.90 Å². The molecule has 2 amide bonds. The van der Waals surface area contributed by atoms with Crippen molar-refractivity contribution >= 4 is 6.03 Å². The lowest BCUT2D eigenvalue weighted by Crippen LogP contribution is -2.48. The molecule has 0 spiro atoms. The number of morpholine rings is 1. The smallest absolute Gasteiger partial charge is 0.317 e. The predicted octanol–water partition coefficient (Wildman–Crippen LogP) is 0.139. The zero-order valence-electron chi connectivity index (χ0n) is 11.8. The van der Waals surface area contributed by atoms with Crippen LogP contribution in [0.3, 0.4) is 0 Å². The van der Waals surface area contributed by atoms with Gasteiger partial charge in [-0.1, -0.05) is 0 Å². The number of hydrogen-bond donors (Lipinski definition) is 1. The van der Waals surface area contributed by atoms with E-state index in [1.54, 1.807) is 7.11 Å². The van der Waals surface area contributed by atoms with Gasteiger partial charge in [0.2, 0.25) is 0 Å². The number of ether oxygens (including phenoxy) is 2. The summed E-state index contributed by atoms with van der Waals surface area (Å²) in [6.07, 6.45) is 2.19. The lowest BCUT2D eigenvalue weighted by molar-refractivity contribution is 0.0378. The van der Waals surface area contributed by atoms with Crippen LogP contribution in [-0.2, 0) is 9.47 Å². The number of amides is 2. The molecule has 2 aliphatic heterocycles. The fraction of sp³-hybridized carbons (Fsp3) is 0.923. The van der Waals surface area contributed by atoms with Crippen molar-refractivity contribution in [3.8, 4) is 0 Å². The Morgan fingerprint density at radius 2 is 1.95 bits per heavy atom. The first-order valence-electron chi connectivity index (χ1n) is 7.15. The molecule has 0 aromatic heterocycles. The monoisotopic (exact) mass is 271 g/mol. The Morgan fingerprint density at radius 1 is 1.26 bits per heavy atom. The van der Waals surface area contributed by atoms with Gasteiger partial charge in [-0.3, -0.25) is 4.90 Å². The van der Waals surface area contributed by atoms with Gasteiger partial charge in [0.1, 0.15) is 0 Å². The first kappa shape index (κ1) is 14.6. The fourth-order valence-corrected chi connectivity index (χ4v) is 2.55. The summed E-state index contributed by atoms with van der Waals surface area (Å²) in [4.78, 5) is 16.2. The molecule has 0 atom stereocenters. The molecule has 6 heteroatoms. The fourth-order valence-electron chi connectivity index (χ4n) is 2.55. The lowest BCUT2D eigenvalue weighted by atomic mass is 10.1. The Kier molecular flexibility index (Phi) is 5.88. The first-order valence-corrected chi connectivity index (χ1v) is 7.15. The van der Waals surface area contributed by atoms with Gasteiger partial charge in [-0.05, 0) is 12.8 Å². The molecule has 2 rings (SSSR count). The van der Waals surface area contributed by atoms with Crippen LogP contribution in [0.15, 0.2) is 0 Å². The van der Waals surface area contributed by atoms with E-state index in [1.165, 1.54) is 0 Å². The van der Waals surface area contributed by atoms with Crippen LogP contribution in [0.25, 0.3) is 0 Å². The molecule has 0 radical (unpaired) electrons. The third-order valence-corrected chi connectivity index (χ3v) is 3.87. The van der Waals surface area contributed by atoms with Crippen LogP contribution >= 0.6 is 0 Å². The highest BCUT2D eigenvalue weighted by atomic mass is 16.5. The Balaban J connectivity index is 1.59. The normalized spacial score (nSPS) is 22.5. The maximum Gasteiger partial charge on any atom is 0.317 e. The van der Waals surface area contributed by atoms with E-state index in [0.717, 1.165) is 58.8 Å². The number of nitrogens with one attached hydrogen (secondary N) is 1. The number of piperidine rings is 1. The summed E-state index contributed by atoms with van der Waals surface area (Å²) in [5.74, 6) is 0. The molecule has 0 aromatic carbocycles. The molecule has 2 fully saturated rings. The number of hydrogen-bond acceptors (Lipinski definition) is 4. The molecule has 2 saturated heterocycles. The molecular weight excluding hydrogens is 246 g/mol. The van der Waals surface area contributed by atoms with Crippen LogP contribution in [-0.4, -0.2) is 81.5 Å². The molecule has 19 heavy (non-hydrogen) atoms. The van der Waals surface area contributed by atoms with E-state index >= 15 is 0 Å². The minimum atomic E-state index is 0.0582. The quantitative estimate of drug-likeness (QED) is 0.790. The molecule has 0 aliphatic carbocycles. The average Bonchev–Trinajstić information content (AvgIpc) is 2.48. The SMILES string of the molecule is COC1CCN(C(=O)NCCN2CCOCC2)CC1. The molecule has 0 aromatic rings. The summed E-state index contributed by atoms with van der Waals surface area (Å²) in [5.41, 5.74) is 0. The minimum absolute atomic E-state index is 0.0582. The molecule has 0 unspecified atom stereocenters. The van der Waals surface area contributed by atoms with Gasteiger partial charge in [0.05, 0.1) is 19.3 Å². The number of urea groups is 1. The molecule has 6 nitrogen and oxygen atoms in total. The van der Waals surface area contributed by atoms with Gasteiger partial charge in [0.25, 0.3) is 0 Å². The van der Waals surface area contributed by atoms with Crippen LogP contribution in [0.1, 0.15) is 12.8 Å². The minimum Gasteiger partial charge on any atom is -0.381 e. The second-order valence-corrected chi connectivity index (χ2v) is 5.11. The Labute approximate surface area is 115 Å². The van der Waals surface area contributed by atoms with Crippen LogP contribution in [0.4, 0.5) is 4.79 Å². The summed E-state index contributed by atoms with van der Waals surface area (Å²) >= 11 is 0. The van der Waals surface area contributed by atoms with Gasteiger partial charge in [-0.15, -0.1) is 0 Å². The van der Waals surface area contributed by atoms with E-state index in [0.29, 0.717) is 12.6 Å². The topological polar surface area (TPSA) is 54.0 Å². The Hall–Kier alpha value is -0.850. The third-order valence-electron chi connectivity index (χ3n) is 3.87. The van der Waals surface area contributed by atoms with Gasteiger partial charge in [-0.2, -0.15) is 0 Å². The van der Waals surface area contributed by atoms with Crippen LogP contribution < -0.4 is 5.32 Å². The first-order chi connectivity index (χ1) is 9.29. The summed E-state index contributed by atoms with van der Waals surface area (Å²) in [5, 5.41) is 3.00. The van der Waals surface area contributed by atoms with E-state index in [4.69, 9.17) is 9.47 Å². The van der Waals surface area contributed by atoms with Crippen molar-refractivity contribution in [2.45, 2.75) is 18.9 Å². The summed E-state index contributed by atoms with van der Waals surface area (Å²) in [7, 11) is 1.74. The van der Waals surface area contributed by atoms with Gasteiger partial charge in [-0.25, -0.2) is 4.79 Å². The summed E-state index contributed by atoms with van der Waals surface area (Å²) in [6, 6.07) is 0.0582. The van der Waals surface area contributed by atoms with E-state index in [-0.39, 0.29) is 6.03 Å². The summed E-state index contributed by atoms with van der Waals surface area (Å²) < 4.78 is 10.6. The number of rotatable bonds is 4. The van der Waals surface area contributed by atoms with Crippen molar-refractivity contribution < 1.29 is 14.3 Å². The maximum absolute atomic E-state index is 12.0. The van der Waals surface area contributed by atoms with Crippen molar-refractivity contribution in [2.75, 3.05) is 59.6 Å². The van der Waals surface area contributed by atoms with Gasteiger partial charge in [0, 0.05) is 46.4 Å². The molecule has 0 saturated carbocycles. The molecular formula is C13H25N3O3. The van der Waals surface area contributed by atoms with Crippen LogP contribution in [0.2, 0.25) is 0 Å². The third kappa shape index (κ3) is 4.63. The summed E-state index contributed by atoms with van der Waals surface area (Å²) in [6.45, 7) is 6.75. The average molecular weight is 271 g/mol. The predicted molar refractivity (Wildman–Crippen MR) is 72.3 cm³/mol. The Morgan fingerprint density at radius 3 is 2.58 bits per heavy atom. The van der Waals surface area contributed by atoms with Crippen molar-refractivity contribution in [1.29, 1.82) is 0 Å². The van der Waals surface area contributed by atoms with Crippen molar-refractivity contribution in [2.24, 2.45) is 0 Å². The second-order valence-electron chi connectivity index (χ2n) is 5.11. The van der Waals surface area contributed by atoms with Crippen molar-refractivity contribution in [1.82, 2.24) is 15.1 Å². The number of likely N-dealkylation sites (tertiary alicyclic amines) is 1. The zero-order valence-corrected chi connectivity index (χ0v) is 11.8. The van der Waals surface area contributed by atoms with Gasteiger partial charge < -0.3 is 19.7 Å². The van der Waals surface area contributed by atoms with E-state index in [2.05, 4.69) is 10.2 Å². The van der Waals surface area contributed by atoms with Gasteiger partial charge in [0.15, 0.2) is 0 Å². The zero-order chi connectivity index (χ0) is 13.5. The standard InChI is InChI=1S/C13H25N3O3/c1-18-12-2-5-16(6-3-12)13(17)14-4-7-15-8-10-19-11-9-15/h12H,2-11H2,1H3,(H,14,17). The molecule has 1 N–H and O–H groups in total. The highest BCUT2D eigenvalue weighted by molar-refractivity contribution is 5.74. The number of methoxy groups -OCH3 is 1. The van der Waals surface area contributed by atoms with Gasteiger partial charge >= 0.3 is 6.03 Å². The number of nitrogens with zero attached hydrogens (tertiary/aromatic N) is 2. The molecule has 110 valence electrons. The van der Waals surface area contributed by atoms with Crippen LogP contribution in [0.5, 0.6) is 0 Å². The Bertz CT molecular complexity index is 274. The largest absolute Gasteiger partial charge is 0.381 e. The molecule has 0 bridgehead atoms. The highest BCUT2D eigenvalue weighted by Gasteiger charge is 2.22. The number of carbonyl (C=O) groups excluding carboxylic acids is 1. The van der Waals surface area contributed by atoms with Crippen molar-refractivity contribution in [3.05, 3.63) is 0 Å². The highest BCUT2D eigenvalue weighted by Crippen LogP contribution is 2.12. The molecule has 2 aliphatic rings. The molecule has 2 heterocycles. The van der Waals surface area contributed by atoms with E-state index < -0.39 is 0 Å². The second kappa shape index (κ2) is 7.67. The van der Waals surface area contributed by atoms with E-state index in [9.17, 15) is 4.79 Å². The lowest BCUT2D eigenvalue weighted by Gasteiger charge is -2.32. The van der Waals surface area contributed by atoms with Crippen molar-refractivity contribution in [3.63, 3.8) is 0 Å². The maximum atomic E-state index is 12.0. The number of carbonyl (C=O) groups is 1. The van der Waals surface area contributed by atoms with Crippen LogP contribution in [0, 0.1) is 0 Å².